The van der Waals surface area contributed by atoms with Gasteiger partial charge in [0, 0.05) is 17.5 Å². The molecule has 3 rings (SSSR count). The van der Waals surface area contributed by atoms with Gasteiger partial charge in [-0.3, -0.25) is 4.98 Å². The van der Waals surface area contributed by atoms with Crippen LogP contribution in [0, 0.1) is 0 Å². The molecular weight excluding hydrogens is 198 g/mol. The zero-order valence-electron chi connectivity index (χ0n) is 9.54. The summed E-state index contributed by atoms with van der Waals surface area (Å²) in [6.45, 7) is 5.30. The van der Waals surface area contributed by atoms with Crippen molar-refractivity contribution in [2.24, 2.45) is 0 Å². The van der Waals surface area contributed by atoms with Crippen LogP contribution in [-0.2, 0) is 0 Å². The number of rotatable bonds is 0. The van der Waals surface area contributed by atoms with Crippen LogP contribution in [0.3, 0.4) is 0 Å². The summed E-state index contributed by atoms with van der Waals surface area (Å²) < 4.78 is 0. The number of para-hydroxylation sites is 1. The zero-order chi connectivity index (χ0) is 11.2. The molecule has 2 aromatic rings. The summed E-state index contributed by atoms with van der Waals surface area (Å²) in [5.74, 6) is 0. The fraction of sp³-hybridized carbons (Fsp3) is 0.308. The molecule has 0 amide bonds. The van der Waals surface area contributed by atoms with Crippen molar-refractivity contribution in [2.45, 2.75) is 19.4 Å². The SMILES string of the molecule is CC1(C)CNc2cnc3ccccc3c2N1. The van der Waals surface area contributed by atoms with E-state index in [1.807, 2.05) is 24.4 Å². The standard InChI is InChI=1S/C13H15N3/c1-13(2)8-15-11-7-14-10-6-4-3-5-9(10)12(11)16-13/h3-7,15-16H,8H2,1-2H3. The summed E-state index contributed by atoms with van der Waals surface area (Å²) in [5.41, 5.74) is 3.38. The van der Waals surface area contributed by atoms with Gasteiger partial charge < -0.3 is 10.6 Å². The maximum atomic E-state index is 4.44. The van der Waals surface area contributed by atoms with Crippen molar-refractivity contribution in [3.63, 3.8) is 0 Å². The topological polar surface area (TPSA) is 37.0 Å². The first-order chi connectivity index (χ1) is 7.66. The van der Waals surface area contributed by atoms with Gasteiger partial charge in [0.1, 0.15) is 0 Å². The molecule has 82 valence electrons. The largest absolute Gasteiger partial charge is 0.380 e. The van der Waals surface area contributed by atoms with E-state index in [1.165, 1.54) is 11.1 Å². The highest BCUT2D eigenvalue weighted by molar-refractivity contribution is 5.98. The van der Waals surface area contributed by atoms with E-state index in [9.17, 15) is 0 Å². The number of fused-ring (bicyclic) bond motifs is 3. The third-order valence-electron chi connectivity index (χ3n) is 2.96. The summed E-state index contributed by atoms with van der Waals surface area (Å²) >= 11 is 0. The van der Waals surface area contributed by atoms with Gasteiger partial charge in [0.15, 0.2) is 0 Å². The Kier molecular flexibility index (Phi) is 1.84. The molecule has 2 N–H and O–H groups in total. The third kappa shape index (κ3) is 1.40. The zero-order valence-corrected chi connectivity index (χ0v) is 9.54. The molecule has 16 heavy (non-hydrogen) atoms. The number of hydrogen-bond acceptors (Lipinski definition) is 3. The average molecular weight is 213 g/mol. The molecule has 0 atom stereocenters. The van der Waals surface area contributed by atoms with Crippen LogP contribution in [0.2, 0.25) is 0 Å². The lowest BCUT2D eigenvalue weighted by atomic mass is 10.0. The summed E-state index contributed by atoms with van der Waals surface area (Å²) in [6, 6.07) is 8.22. The van der Waals surface area contributed by atoms with Crippen molar-refractivity contribution in [2.75, 3.05) is 17.2 Å². The van der Waals surface area contributed by atoms with E-state index in [2.05, 4.69) is 35.5 Å². The Bertz CT molecular complexity index is 546. The first-order valence-corrected chi connectivity index (χ1v) is 5.55. The Morgan fingerprint density at radius 2 is 2.06 bits per heavy atom. The lowest BCUT2D eigenvalue weighted by molar-refractivity contribution is 0.590. The Labute approximate surface area is 94.9 Å². The predicted molar refractivity (Wildman–Crippen MR) is 67.9 cm³/mol. The van der Waals surface area contributed by atoms with Gasteiger partial charge in [0.05, 0.1) is 23.1 Å². The molecule has 0 saturated carbocycles. The van der Waals surface area contributed by atoms with Gasteiger partial charge >= 0.3 is 0 Å². The van der Waals surface area contributed by atoms with E-state index in [4.69, 9.17) is 0 Å². The first-order valence-electron chi connectivity index (χ1n) is 5.55. The van der Waals surface area contributed by atoms with E-state index in [0.717, 1.165) is 17.7 Å². The van der Waals surface area contributed by atoms with Gasteiger partial charge in [-0.15, -0.1) is 0 Å². The summed E-state index contributed by atoms with van der Waals surface area (Å²) in [4.78, 5) is 4.44. The molecule has 1 aromatic heterocycles. The van der Waals surface area contributed by atoms with Crippen LogP contribution >= 0.6 is 0 Å². The monoisotopic (exact) mass is 213 g/mol. The number of hydrogen-bond donors (Lipinski definition) is 2. The molecule has 0 fully saturated rings. The normalized spacial score (nSPS) is 17.4. The quantitative estimate of drug-likeness (QED) is 0.706. The first kappa shape index (κ1) is 9.46. The molecule has 1 aliphatic rings. The number of nitrogens with one attached hydrogen (secondary N) is 2. The van der Waals surface area contributed by atoms with Crippen LogP contribution in [0.1, 0.15) is 13.8 Å². The number of aromatic nitrogens is 1. The molecular formula is C13H15N3. The van der Waals surface area contributed by atoms with Crippen molar-refractivity contribution < 1.29 is 0 Å². The maximum Gasteiger partial charge on any atom is 0.0770 e. The van der Waals surface area contributed by atoms with E-state index in [0.29, 0.717) is 0 Å². The van der Waals surface area contributed by atoms with Gasteiger partial charge in [-0.25, -0.2) is 0 Å². The van der Waals surface area contributed by atoms with Crippen molar-refractivity contribution >= 4 is 22.3 Å². The highest BCUT2D eigenvalue weighted by Crippen LogP contribution is 2.35. The van der Waals surface area contributed by atoms with E-state index in [-0.39, 0.29) is 5.54 Å². The van der Waals surface area contributed by atoms with Gasteiger partial charge in [-0.05, 0) is 19.9 Å². The molecule has 0 unspecified atom stereocenters. The molecule has 2 heterocycles. The minimum Gasteiger partial charge on any atom is -0.380 e. The highest BCUT2D eigenvalue weighted by Gasteiger charge is 2.25. The van der Waals surface area contributed by atoms with E-state index < -0.39 is 0 Å². The summed E-state index contributed by atoms with van der Waals surface area (Å²) in [6.07, 6.45) is 1.90. The number of anilines is 2. The molecule has 3 heteroatoms. The van der Waals surface area contributed by atoms with Gasteiger partial charge in [-0.2, -0.15) is 0 Å². The smallest absolute Gasteiger partial charge is 0.0770 e. The van der Waals surface area contributed by atoms with Gasteiger partial charge in [0.25, 0.3) is 0 Å². The van der Waals surface area contributed by atoms with Crippen LogP contribution in [0.15, 0.2) is 30.5 Å². The maximum absolute atomic E-state index is 4.44. The number of benzene rings is 1. The molecule has 0 aliphatic carbocycles. The fourth-order valence-electron chi connectivity index (χ4n) is 2.11. The van der Waals surface area contributed by atoms with Crippen LogP contribution in [0.5, 0.6) is 0 Å². The highest BCUT2D eigenvalue weighted by atomic mass is 15.1. The Morgan fingerprint density at radius 3 is 2.94 bits per heavy atom. The Balaban J connectivity index is 2.25. The lowest BCUT2D eigenvalue weighted by Crippen LogP contribution is -2.42. The van der Waals surface area contributed by atoms with Crippen molar-refractivity contribution in [3.8, 4) is 0 Å². The number of pyridine rings is 1. The average Bonchev–Trinajstić information content (AvgIpc) is 2.28. The molecule has 1 aliphatic heterocycles. The van der Waals surface area contributed by atoms with Gasteiger partial charge in [-0.1, -0.05) is 18.2 Å². The second-order valence-electron chi connectivity index (χ2n) is 4.93. The third-order valence-corrected chi connectivity index (χ3v) is 2.96. The van der Waals surface area contributed by atoms with Crippen LogP contribution in [0.25, 0.3) is 10.9 Å². The molecule has 3 nitrogen and oxygen atoms in total. The molecule has 0 bridgehead atoms. The van der Waals surface area contributed by atoms with Crippen molar-refractivity contribution in [1.29, 1.82) is 0 Å². The lowest BCUT2D eigenvalue weighted by Gasteiger charge is -2.35. The molecule has 0 saturated heterocycles. The van der Waals surface area contributed by atoms with Crippen LogP contribution in [-0.4, -0.2) is 17.1 Å². The Hall–Kier alpha value is -1.77. The second-order valence-corrected chi connectivity index (χ2v) is 4.93. The number of nitrogens with zero attached hydrogens (tertiary/aromatic N) is 1. The summed E-state index contributed by atoms with van der Waals surface area (Å²) in [5, 5.41) is 8.18. The van der Waals surface area contributed by atoms with Gasteiger partial charge in [0.2, 0.25) is 0 Å². The minimum atomic E-state index is 0.0805. The Morgan fingerprint density at radius 1 is 1.25 bits per heavy atom. The van der Waals surface area contributed by atoms with E-state index in [1.54, 1.807) is 0 Å². The minimum absolute atomic E-state index is 0.0805. The van der Waals surface area contributed by atoms with Crippen LogP contribution < -0.4 is 10.6 Å². The summed E-state index contributed by atoms with van der Waals surface area (Å²) in [7, 11) is 0. The predicted octanol–water partition coefficient (Wildman–Crippen LogP) is 2.85. The van der Waals surface area contributed by atoms with E-state index >= 15 is 0 Å². The fourth-order valence-corrected chi connectivity index (χ4v) is 2.11. The van der Waals surface area contributed by atoms with Crippen molar-refractivity contribution in [1.82, 2.24) is 4.98 Å². The molecule has 1 aromatic carbocycles. The molecule has 0 radical (unpaired) electrons. The second kappa shape index (κ2) is 3.11. The molecule has 0 spiro atoms. The van der Waals surface area contributed by atoms with Crippen molar-refractivity contribution in [3.05, 3.63) is 30.5 Å². The van der Waals surface area contributed by atoms with Crippen LogP contribution in [0.4, 0.5) is 11.4 Å².